The van der Waals surface area contributed by atoms with E-state index in [-0.39, 0.29) is 5.82 Å². The van der Waals surface area contributed by atoms with Gasteiger partial charge in [0.2, 0.25) is 0 Å². The Balaban J connectivity index is 2.12. The van der Waals surface area contributed by atoms with Gasteiger partial charge in [0.05, 0.1) is 0 Å². The van der Waals surface area contributed by atoms with Gasteiger partial charge in [-0.25, -0.2) is 4.39 Å². The minimum Gasteiger partial charge on any atom is -0.368 e. The molecule has 0 bridgehead atoms. The number of anilines is 1. The van der Waals surface area contributed by atoms with Gasteiger partial charge in [-0.1, -0.05) is 24.3 Å². The van der Waals surface area contributed by atoms with Gasteiger partial charge in [0.15, 0.2) is 0 Å². The Morgan fingerprint density at radius 2 is 1.65 bits per heavy atom. The highest BCUT2D eigenvalue weighted by molar-refractivity contribution is 5.94. The minimum atomic E-state index is -0.139. The zero-order valence-electron chi connectivity index (χ0n) is 9.62. The first kappa shape index (κ1) is 10.5. The normalized spacial score (nSPS) is 16.4. The van der Waals surface area contributed by atoms with Crippen LogP contribution in [0.2, 0.25) is 0 Å². The van der Waals surface area contributed by atoms with E-state index in [1.807, 2.05) is 30.3 Å². The van der Waals surface area contributed by atoms with Crippen molar-refractivity contribution in [2.24, 2.45) is 0 Å². The molecule has 0 saturated carbocycles. The summed E-state index contributed by atoms with van der Waals surface area (Å²) in [5.41, 5.74) is 1.14. The van der Waals surface area contributed by atoms with Crippen LogP contribution in [0.25, 0.3) is 10.8 Å². The van der Waals surface area contributed by atoms with Crippen LogP contribution in [0.15, 0.2) is 36.4 Å². The monoisotopic (exact) mass is 230 g/mol. The van der Waals surface area contributed by atoms with Gasteiger partial charge in [0.25, 0.3) is 0 Å². The Labute approximate surface area is 100 Å². The molecule has 2 aromatic rings. The van der Waals surface area contributed by atoms with Crippen LogP contribution in [0, 0.1) is 5.82 Å². The molecule has 0 aliphatic carbocycles. The van der Waals surface area contributed by atoms with Gasteiger partial charge >= 0.3 is 0 Å². The highest BCUT2D eigenvalue weighted by Crippen LogP contribution is 2.28. The molecule has 88 valence electrons. The molecule has 0 amide bonds. The second-order valence-corrected chi connectivity index (χ2v) is 4.35. The van der Waals surface area contributed by atoms with E-state index in [2.05, 4.69) is 10.2 Å². The van der Waals surface area contributed by atoms with Crippen LogP contribution in [0.1, 0.15) is 0 Å². The van der Waals surface area contributed by atoms with Gasteiger partial charge in [-0.05, 0) is 12.1 Å². The van der Waals surface area contributed by atoms with Crippen LogP contribution in [0.4, 0.5) is 10.1 Å². The van der Waals surface area contributed by atoms with Crippen LogP contribution in [0.3, 0.4) is 0 Å². The van der Waals surface area contributed by atoms with Crippen molar-refractivity contribution in [2.75, 3.05) is 31.1 Å². The number of hydrogen-bond donors (Lipinski definition) is 1. The molecule has 3 rings (SSSR count). The predicted octanol–water partition coefficient (Wildman–Crippen LogP) is 2.39. The molecule has 0 unspecified atom stereocenters. The Morgan fingerprint density at radius 3 is 2.41 bits per heavy atom. The average Bonchev–Trinajstić information content (AvgIpc) is 2.41. The largest absolute Gasteiger partial charge is 0.368 e. The molecule has 1 heterocycles. The molecule has 1 N–H and O–H groups in total. The Kier molecular flexibility index (Phi) is 2.69. The summed E-state index contributed by atoms with van der Waals surface area (Å²) in [5, 5.41) is 5.05. The maximum absolute atomic E-state index is 13.7. The van der Waals surface area contributed by atoms with Crippen LogP contribution in [-0.4, -0.2) is 26.2 Å². The first-order valence-corrected chi connectivity index (χ1v) is 5.99. The van der Waals surface area contributed by atoms with Gasteiger partial charge in [-0.15, -0.1) is 0 Å². The second-order valence-electron chi connectivity index (χ2n) is 4.35. The topological polar surface area (TPSA) is 15.3 Å². The van der Waals surface area contributed by atoms with Crippen molar-refractivity contribution < 1.29 is 4.39 Å². The number of benzene rings is 2. The van der Waals surface area contributed by atoms with Crippen molar-refractivity contribution in [3.8, 4) is 0 Å². The third-order valence-corrected chi connectivity index (χ3v) is 3.31. The second kappa shape index (κ2) is 4.34. The van der Waals surface area contributed by atoms with E-state index in [1.54, 1.807) is 6.07 Å². The van der Waals surface area contributed by atoms with E-state index < -0.39 is 0 Å². The van der Waals surface area contributed by atoms with Gasteiger partial charge in [0.1, 0.15) is 5.82 Å². The number of hydrogen-bond acceptors (Lipinski definition) is 2. The summed E-state index contributed by atoms with van der Waals surface area (Å²) >= 11 is 0. The molecule has 1 fully saturated rings. The number of nitrogens with one attached hydrogen (secondary N) is 1. The first-order chi connectivity index (χ1) is 8.36. The molecule has 2 nitrogen and oxygen atoms in total. The smallest absolute Gasteiger partial charge is 0.131 e. The summed E-state index contributed by atoms with van der Waals surface area (Å²) in [6.45, 7) is 3.95. The maximum atomic E-state index is 13.7. The lowest BCUT2D eigenvalue weighted by atomic mass is 10.1. The standard InChI is InChI=1S/C14H15FN2/c15-13-5-6-14(17-9-7-16-8-10-17)12-4-2-1-3-11(12)13/h1-6,16H,7-10H2. The molecule has 17 heavy (non-hydrogen) atoms. The van der Waals surface area contributed by atoms with Crippen molar-refractivity contribution >= 4 is 16.5 Å². The molecule has 0 aromatic heterocycles. The van der Waals surface area contributed by atoms with Crippen molar-refractivity contribution in [1.82, 2.24) is 5.32 Å². The average molecular weight is 230 g/mol. The summed E-state index contributed by atoms with van der Waals surface area (Å²) in [5.74, 6) is -0.139. The summed E-state index contributed by atoms with van der Waals surface area (Å²) in [6, 6.07) is 11.1. The van der Waals surface area contributed by atoms with Crippen molar-refractivity contribution in [3.05, 3.63) is 42.2 Å². The molecule has 2 aromatic carbocycles. The molecule has 3 heteroatoms. The summed E-state index contributed by atoms with van der Waals surface area (Å²) in [7, 11) is 0. The minimum absolute atomic E-state index is 0.139. The Morgan fingerprint density at radius 1 is 0.941 bits per heavy atom. The van der Waals surface area contributed by atoms with E-state index in [9.17, 15) is 4.39 Å². The fraction of sp³-hybridized carbons (Fsp3) is 0.286. The van der Waals surface area contributed by atoms with Crippen LogP contribution in [0.5, 0.6) is 0 Å². The van der Waals surface area contributed by atoms with Gasteiger partial charge in [-0.2, -0.15) is 0 Å². The number of nitrogens with zero attached hydrogens (tertiary/aromatic N) is 1. The number of fused-ring (bicyclic) bond motifs is 1. The fourth-order valence-corrected chi connectivity index (χ4v) is 2.43. The third kappa shape index (κ3) is 1.87. The van der Waals surface area contributed by atoms with Crippen LogP contribution in [-0.2, 0) is 0 Å². The zero-order valence-corrected chi connectivity index (χ0v) is 9.62. The van der Waals surface area contributed by atoms with Crippen molar-refractivity contribution in [2.45, 2.75) is 0 Å². The molecule has 1 aliphatic rings. The lowest BCUT2D eigenvalue weighted by molar-refractivity contribution is 0.589. The molecular formula is C14H15FN2. The van der Waals surface area contributed by atoms with Crippen molar-refractivity contribution in [3.63, 3.8) is 0 Å². The number of halogens is 1. The fourth-order valence-electron chi connectivity index (χ4n) is 2.43. The van der Waals surface area contributed by atoms with Crippen LogP contribution >= 0.6 is 0 Å². The molecule has 0 atom stereocenters. The molecule has 0 radical (unpaired) electrons. The van der Waals surface area contributed by atoms with E-state index in [0.717, 1.165) is 37.3 Å². The zero-order chi connectivity index (χ0) is 11.7. The SMILES string of the molecule is Fc1ccc(N2CCNCC2)c2ccccc12. The van der Waals surface area contributed by atoms with E-state index in [0.29, 0.717) is 5.39 Å². The van der Waals surface area contributed by atoms with E-state index >= 15 is 0 Å². The molecule has 1 aliphatic heterocycles. The molecule has 1 saturated heterocycles. The quantitative estimate of drug-likeness (QED) is 0.809. The Bertz CT molecular complexity index is 533. The lowest BCUT2D eigenvalue weighted by Crippen LogP contribution is -2.43. The third-order valence-electron chi connectivity index (χ3n) is 3.31. The maximum Gasteiger partial charge on any atom is 0.131 e. The highest BCUT2D eigenvalue weighted by atomic mass is 19.1. The van der Waals surface area contributed by atoms with Gasteiger partial charge in [0, 0.05) is 42.6 Å². The van der Waals surface area contributed by atoms with E-state index in [1.165, 1.54) is 0 Å². The summed E-state index contributed by atoms with van der Waals surface area (Å²) in [6.07, 6.45) is 0. The number of rotatable bonds is 1. The molecule has 0 spiro atoms. The summed E-state index contributed by atoms with van der Waals surface area (Å²) < 4.78 is 13.7. The van der Waals surface area contributed by atoms with E-state index in [4.69, 9.17) is 0 Å². The van der Waals surface area contributed by atoms with Crippen LogP contribution < -0.4 is 10.2 Å². The summed E-state index contributed by atoms with van der Waals surface area (Å²) in [4.78, 5) is 2.32. The highest BCUT2D eigenvalue weighted by Gasteiger charge is 2.14. The van der Waals surface area contributed by atoms with Crippen molar-refractivity contribution in [1.29, 1.82) is 0 Å². The first-order valence-electron chi connectivity index (χ1n) is 5.99. The van der Waals surface area contributed by atoms with Gasteiger partial charge in [-0.3, -0.25) is 0 Å². The molecular weight excluding hydrogens is 215 g/mol. The lowest BCUT2D eigenvalue weighted by Gasteiger charge is -2.30. The number of piperazine rings is 1. The van der Waals surface area contributed by atoms with Gasteiger partial charge < -0.3 is 10.2 Å². The predicted molar refractivity (Wildman–Crippen MR) is 69.0 cm³/mol. The Hall–Kier alpha value is -1.61.